The van der Waals surface area contributed by atoms with Crippen molar-refractivity contribution >= 4 is 28.8 Å². The lowest BCUT2D eigenvalue weighted by Gasteiger charge is -2.15. The number of tetrazole rings is 1. The van der Waals surface area contributed by atoms with E-state index < -0.39 is 0 Å². The van der Waals surface area contributed by atoms with Crippen LogP contribution in [0.1, 0.15) is 10.4 Å². The molecule has 0 aliphatic heterocycles. The first kappa shape index (κ1) is 16.6. The highest BCUT2D eigenvalue weighted by atomic mass is 35.5. The van der Waals surface area contributed by atoms with Gasteiger partial charge in [0.1, 0.15) is 6.54 Å². The number of hydrogen-bond acceptors (Lipinski definition) is 5. The van der Waals surface area contributed by atoms with Gasteiger partial charge >= 0.3 is 0 Å². The van der Waals surface area contributed by atoms with Crippen molar-refractivity contribution < 1.29 is 4.79 Å². The van der Waals surface area contributed by atoms with Crippen LogP contribution in [0, 0.1) is 6.92 Å². The van der Waals surface area contributed by atoms with Gasteiger partial charge in [-0.1, -0.05) is 35.9 Å². The third-order valence-electron chi connectivity index (χ3n) is 3.56. The SMILES string of the molecule is Cc1ccccc1-c1nnn(CC(=O)N(C)Cc2ccc(Cl)s2)n1. The van der Waals surface area contributed by atoms with Gasteiger partial charge in [0.25, 0.3) is 0 Å². The Bertz CT molecular complexity index is 860. The number of rotatable bonds is 5. The second-order valence-electron chi connectivity index (χ2n) is 5.41. The first-order valence-electron chi connectivity index (χ1n) is 7.35. The fourth-order valence-electron chi connectivity index (χ4n) is 2.24. The summed E-state index contributed by atoms with van der Waals surface area (Å²) in [4.78, 5) is 16.3. The van der Waals surface area contributed by atoms with Crippen molar-refractivity contribution in [2.24, 2.45) is 0 Å². The van der Waals surface area contributed by atoms with E-state index in [1.807, 2.05) is 43.3 Å². The summed E-state index contributed by atoms with van der Waals surface area (Å²) in [7, 11) is 1.75. The van der Waals surface area contributed by atoms with Gasteiger partial charge in [0, 0.05) is 17.5 Å². The van der Waals surface area contributed by atoms with E-state index in [1.54, 1.807) is 11.9 Å². The summed E-state index contributed by atoms with van der Waals surface area (Å²) in [5.41, 5.74) is 1.98. The molecule has 24 heavy (non-hydrogen) atoms. The molecule has 1 aromatic carbocycles. The van der Waals surface area contributed by atoms with Crippen molar-refractivity contribution in [3.63, 3.8) is 0 Å². The molecule has 8 heteroatoms. The van der Waals surface area contributed by atoms with Crippen molar-refractivity contribution in [3.8, 4) is 11.4 Å². The molecule has 6 nitrogen and oxygen atoms in total. The number of hydrogen-bond donors (Lipinski definition) is 0. The van der Waals surface area contributed by atoms with Gasteiger partial charge in [-0.05, 0) is 29.8 Å². The van der Waals surface area contributed by atoms with E-state index in [9.17, 15) is 4.79 Å². The minimum absolute atomic E-state index is 0.0501. The fraction of sp³-hybridized carbons (Fsp3) is 0.250. The Morgan fingerprint density at radius 2 is 2.08 bits per heavy atom. The van der Waals surface area contributed by atoms with E-state index in [0.29, 0.717) is 16.7 Å². The summed E-state index contributed by atoms with van der Waals surface area (Å²) in [5, 5.41) is 12.3. The van der Waals surface area contributed by atoms with Crippen LogP contribution < -0.4 is 0 Å². The normalized spacial score (nSPS) is 10.8. The average Bonchev–Trinajstić information content (AvgIpc) is 3.17. The van der Waals surface area contributed by atoms with Gasteiger partial charge in [-0.2, -0.15) is 4.80 Å². The van der Waals surface area contributed by atoms with Gasteiger partial charge in [-0.15, -0.1) is 21.5 Å². The number of likely N-dealkylation sites (N-methyl/N-ethyl adjacent to an activating group) is 1. The molecule has 0 unspecified atom stereocenters. The molecular weight excluding hydrogens is 346 g/mol. The molecule has 0 N–H and O–H groups in total. The quantitative estimate of drug-likeness (QED) is 0.700. The highest BCUT2D eigenvalue weighted by molar-refractivity contribution is 7.16. The Balaban J connectivity index is 1.66. The number of halogens is 1. The molecule has 3 rings (SSSR count). The third kappa shape index (κ3) is 3.80. The molecule has 2 aromatic heterocycles. The Kier molecular flexibility index (Phi) is 4.92. The first-order chi connectivity index (χ1) is 11.5. The molecule has 124 valence electrons. The molecule has 0 saturated carbocycles. The summed E-state index contributed by atoms with van der Waals surface area (Å²) in [6.45, 7) is 2.55. The molecule has 3 aromatic rings. The molecule has 1 amide bonds. The third-order valence-corrected chi connectivity index (χ3v) is 4.78. The maximum absolute atomic E-state index is 12.3. The Labute approximate surface area is 148 Å². The molecule has 0 atom stereocenters. The van der Waals surface area contributed by atoms with Crippen molar-refractivity contribution in [3.05, 3.63) is 51.2 Å². The van der Waals surface area contributed by atoms with Gasteiger partial charge in [0.15, 0.2) is 0 Å². The van der Waals surface area contributed by atoms with Crippen molar-refractivity contribution in [2.45, 2.75) is 20.0 Å². The zero-order valence-electron chi connectivity index (χ0n) is 13.3. The second kappa shape index (κ2) is 7.11. The van der Waals surface area contributed by atoms with Crippen LogP contribution in [0.15, 0.2) is 36.4 Å². The summed E-state index contributed by atoms with van der Waals surface area (Å²) >= 11 is 7.37. The maximum Gasteiger partial charge on any atom is 0.246 e. The maximum atomic E-state index is 12.3. The predicted molar refractivity (Wildman–Crippen MR) is 93.8 cm³/mol. The van der Waals surface area contributed by atoms with Gasteiger partial charge in [-0.3, -0.25) is 4.79 Å². The zero-order valence-corrected chi connectivity index (χ0v) is 14.9. The summed E-state index contributed by atoms with van der Waals surface area (Å²) in [6, 6.07) is 11.5. The van der Waals surface area contributed by atoms with E-state index in [4.69, 9.17) is 11.6 Å². The minimum atomic E-state index is -0.0896. The van der Waals surface area contributed by atoms with Gasteiger partial charge in [0.2, 0.25) is 11.7 Å². The Morgan fingerprint density at radius 3 is 2.79 bits per heavy atom. The Morgan fingerprint density at radius 1 is 1.29 bits per heavy atom. The van der Waals surface area contributed by atoms with Gasteiger partial charge in [-0.25, -0.2) is 0 Å². The van der Waals surface area contributed by atoms with Crippen LogP contribution in [0.25, 0.3) is 11.4 Å². The molecule has 2 heterocycles. The van der Waals surface area contributed by atoms with Crippen LogP contribution >= 0.6 is 22.9 Å². The van der Waals surface area contributed by atoms with Gasteiger partial charge < -0.3 is 4.90 Å². The lowest BCUT2D eigenvalue weighted by Crippen LogP contribution is -2.30. The van der Waals surface area contributed by atoms with Crippen LogP contribution in [0.4, 0.5) is 0 Å². The number of benzene rings is 1. The molecular formula is C16H16ClN5OS. The summed E-state index contributed by atoms with van der Waals surface area (Å²) in [6.07, 6.45) is 0. The summed E-state index contributed by atoms with van der Waals surface area (Å²) < 4.78 is 0.715. The molecule has 0 fully saturated rings. The number of aryl methyl sites for hydroxylation is 1. The molecule has 0 aliphatic carbocycles. The van der Waals surface area contributed by atoms with E-state index in [-0.39, 0.29) is 12.5 Å². The van der Waals surface area contributed by atoms with E-state index in [2.05, 4.69) is 15.4 Å². The van der Waals surface area contributed by atoms with E-state index >= 15 is 0 Å². The highest BCUT2D eigenvalue weighted by Gasteiger charge is 2.14. The van der Waals surface area contributed by atoms with Crippen molar-refractivity contribution in [1.82, 2.24) is 25.1 Å². The summed E-state index contributed by atoms with van der Waals surface area (Å²) in [5.74, 6) is 0.432. The lowest BCUT2D eigenvalue weighted by molar-refractivity contribution is -0.131. The molecule has 0 aliphatic rings. The molecule has 0 spiro atoms. The lowest BCUT2D eigenvalue weighted by atomic mass is 10.1. The minimum Gasteiger partial charge on any atom is -0.339 e. The van der Waals surface area contributed by atoms with Crippen LogP contribution in [-0.4, -0.2) is 38.1 Å². The van der Waals surface area contributed by atoms with Crippen LogP contribution in [0.3, 0.4) is 0 Å². The Hall–Kier alpha value is -2.25. The molecule has 0 saturated heterocycles. The molecule has 0 radical (unpaired) electrons. The van der Waals surface area contributed by atoms with Crippen molar-refractivity contribution in [1.29, 1.82) is 0 Å². The first-order valence-corrected chi connectivity index (χ1v) is 8.54. The van der Waals surface area contributed by atoms with Crippen LogP contribution in [0.5, 0.6) is 0 Å². The highest BCUT2D eigenvalue weighted by Crippen LogP contribution is 2.22. The number of amides is 1. The second-order valence-corrected chi connectivity index (χ2v) is 7.21. The smallest absolute Gasteiger partial charge is 0.246 e. The van der Waals surface area contributed by atoms with Crippen molar-refractivity contribution in [2.75, 3.05) is 7.05 Å². The van der Waals surface area contributed by atoms with E-state index in [0.717, 1.165) is 16.0 Å². The number of aromatic nitrogens is 4. The standard InChI is InChI=1S/C16H16ClN5OS/c1-11-5-3-4-6-13(11)16-18-20-22(19-16)10-15(23)21(2)9-12-7-8-14(17)24-12/h3-8H,9-10H2,1-2H3. The van der Waals surface area contributed by atoms with Gasteiger partial charge in [0.05, 0.1) is 10.9 Å². The largest absolute Gasteiger partial charge is 0.339 e. The van der Waals surface area contributed by atoms with Crippen LogP contribution in [-0.2, 0) is 17.9 Å². The topological polar surface area (TPSA) is 63.9 Å². The number of nitrogens with zero attached hydrogens (tertiary/aromatic N) is 5. The fourth-order valence-corrected chi connectivity index (χ4v) is 3.38. The van der Waals surface area contributed by atoms with Crippen LogP contribution in [0.2, 0.25) is 4.34 Å². The monoisotopic (exact) mass is 361 g/mol. The predicted octanol–water partition coefficient (Wildman–Crippen LogP) is 3.02. The average molecular weight is 362 g/mol. The van der Waals surface area contributed by atoms with E-state index in [1.165, 1.54) is 16.1 Å². The number of carbonyl (C=O) groups excluding carboxylic acids is 1. The number of carbonyl (C=O) groups is 1. The zero-order chi connectivity index (χ0) is 17.1. The molecule has 0 bridgehead atoms. The number of thiophene rings is 1.